The molecule has 0 aliphatic carbocycles. The molecule has 2 aliphatic heterocycles. The normalized spacial score (nSPS) is 24.7. The van der Waals surface area contributed by atoms with Gasteiger partial charge >= 0.3 is 0 Å². The molecule has 2 fully saturated rings. The van der Waals surface area contributed by atoms with Gasteiger partial charge in [-0.1, -0.05) is 0 Å². The molecule has 2 amide bonds. The summed E-state index contributed by atoms with van der Waals surface area (Å²) in [5.74, 6) is 0.698. The van der Waals surface area contributed by atoms with Gasteiger partial charge in [0, 0.05) is 45.2 Å². The van der Waals surface area contributed by atoms with E-state index in [-0.39, 0.29) is 36.4 Å². The third kappa shape index (κ3) is 5.43. The monoisotopic (exact) mass is 419 g/mol. The van der Waals surface area contributed by atoms with Crippen molar-refractivity contribution in [3.8, 4) is 11.5 Å². The van der Waals surface area contributed by atoms with Gasteiger partial charge in [-0.15, -0.1) is 0 Å². The van der Waals surface area contributed by atoms with Gasteiger partial charge in [0.05, 0.1) is 38.0 Å². The van der Waals surface area contributed by atoms with E-state index in [0.717, 1.165) is 26.1 Å². The quantitative estimate of drug-likeness (QED) is 0.646. The molecule has 0 unspecified atom stereocenters. The molecule has 2 aliphatic rings. The molecule has 30 heavy (non-hydrogen) atoms. The van der Waals surface area contributed by atoms with Gasteiger partial charge in [0.25, 0.3) is 0 Å². The molecule has 8 heteroatoms. The minimum atomic E-state index is -0.364. The van der Waals surface area contributed by atoms with Crippen molar-refractivity contribution in [3.05, 3.63) is 18.2 Å². The summed E-state index contributed by atoms with van der Waals surface area (Å²) in [6.07, 6.45) is 1.56. The molecule has 0 bridgehead atoms. The lowest BCUT2D eigenvalue weighted by molar-refractivity contribution is -0.126. The summed E-state index contributed by atoms with van der Waals surface area (Å²) in [5, 5.41) is 3.00. The van der Waals surface area contributed by atoms with Crippen LogP contribution in [-0.2, 0) is 14.3 Å². The third-order valence-electron chi connectivity index (χ3n) is 5.62. The van der Waals surface area contributed by atoms with Crippen LogP contribution in [0.1, 0.15) is 26.7 Å². The largest absolute Gasteiger partial charge is 0.497 e. The van der Waals surface area contributed by atoms with Crippen molar-refractivity contribution >= 4 is 17.5 Å². The number of morpholine rings is 1. The van der Waals surface area contributed by atoms with Crippen LogP contribution in [0.2, 0.25) is 0 Å². The van der Waals surface area contributed by atoms with Crippen LogP contribution in [-0.4, -0.2) is 75.9 Å². The maximum absolute atomic E-state index is 12.6. The number of anilines is 1. The van der Waals surface area contributed by atoms with Crippen molar-refractivity contribution in [2.24, 2.45) is 5.92 Å². The maximum atomic E-state index is 12.6. The molecule has 0 radical (unpaired) electrons. The summed E-state index contributed by atoms with van der Waals surface area (Å²) in [7, 11) is 3.14. The molecule has 1 aromatic carbocycles. The van der Waals surface area contributed by atoms with Gasteiger partial charge in [-0.3, -0.25) is 14.5 Å². The summed E-state index contributed by atoms with van der Waals surface area (Å²) in [5.41, 5.74) is 0.632. The number of hydrogen-bond donors (Lipinski definition) is 1. The van der Waals surface area contributed by atoms with Crippen molar-refractivity contribution in [1.82, 2.24) is 10.2 Å². The van der Waals surface area contributed by atoms with Gasteiger partial charge in [0.15, 0.2) is 0 Å². The second-order valence-electron chi connectivity index (χ2n) is 8.10. The number of rotatable bonds is 8. The van der Waals surface area contributed by atoms with Crippen molar-refractivity contribution in [2.75, 3.05) is 51.8 Å². The Bertz CT molecular complexity index is 746. The highest BCUT2D eigenvalue weighted by molar-refractivity contribution is 6.01. The molecule has 1 aromatic rings. The second kappa shape index (κ2) is 10.1. The van der Waals surface area contributed by atoms with Crippen LogP contribution in [0.4, 0.5) is 5.69 Å². The lowest BCUT2D eigenvalue weighted by Crippen LogP contribution is -2.46. The lowest BCUT2D eigenvalue weighted by Gasteiger charge is -2.35. The van der Waals surface area contributed by atoms with Gasteiger partial charge in [-0.2, -0.15) is 0 Å². The van der Waals surface area contributed by atoms with Crippen LogP contribution in [0, 0.1) is 5.92 Å². The van der Waals surface area contributed by atoms with E-state index in [0.29, 0.717) is 30.3 Å². The molecule has 166 valence electrons. The van der Waals surface area contributed by atoms with Gasteiger partial charge in [-0.05, 0) is 32.4 Å². The molecular formula is C22H33N3O5. The molecule has 2 heterocycles. The summed E-state index contributed by atoms with van der Waals surface area (Å²) in [6, 6.07) is 5.31. The average molecular weight is 420 g/mol. The Labute approximate surface area is 178 Å². The van der Waals surface area contributed by atoms with Crippen LogP contribution in [0.3, 0.4) is 0 Å². The maximum Gasteiger partial charge on any atom is 0.227 e. The van der Waals surface area contributed by atoms with Gasteiger partial charge in [0.2, 0.25) is 11.8 Å². The zero-order chi connectivity index (χ0) is 21.7. The summed E-state index contributed by atoms with van der Waals surface area (Å²) in [4.78, 5) is 29.2. The molecule has 1 N–H and O–H groups in total. The molecule has 3 rings (SSSR count). The van der Waals surface area contributed by atoms with Crippen LogP contribution >= 0.6 is 0 Å². The first-order chi connectivity index (χ1) is 14.4. The van der Waals surface area contributed by atoms with Gasteiger partial charge in [-0.25, -0.2) is 0 Å². The van der Waals surface area contributed by atoms with E-state index in [1.807, 2.05) is 0 Å². The number of benzene rings is 1. The van der Waals surface area contributed by atoms with Crippen LogP contribution < -0.4 is 19.7 Å². The molecular weight excluding hydrogens is 386 g/mol. The SMILES string of the molecule is COc1ccc(OC)c(N2C[C@H](C(=O)NCCCN3C[C@H](C)O[C@@H](C)C3)CC2=O)c1. The predicted octanol–water partition coefficient (Wildman–Crippen LogP) is 1.67. The minimum absolute atomic E-state index is 0.0728. The highest BCUT2D eigenvalue weighted by Crippen LogP contribution is 2.36. The lowest BCUT2D eigenvalue weighted by atomic mass is 10.1. The molecule has 0 saturated carbocycles. The highest BCUT2D eigenvalue weighted by atomic mass is 16.5. The third-order valence-corrected chi connectivity index (χ3v) is 5.62. The van der Waals surface area contributed by atoms with Crippen molar-refractivity contribution in [2.45, 2.75) is 38.9 Å². The van der Waals surface area contributed by atoms with E-state index in [4.69, 9.17) is 14.2 Å². The van der Waals surface area contributed by atoms with E-state index in [1.54, 1.807) is 37.3 Å². The van der Waals surface area contributed by atoms with E-state index in [2.05, 4.69) is 24.1 Å². The van der Waals surface area contributed by atoms with Crippen molar-refractivity contribution in [1.29, 1.82) is 0 Å². The molecule has 3 atom stereocenters. The molecule has 2 saturated heterocycles. The zero-order valence-corrected chi connectivity index (χ0v) is 18.3. The summed E-state index contributed by atoms with van der Waals surface area (Å²) in [6.45, 7) is 7.89. The Hall–Kier alpha value is -2.32. The van der Waals surface area contributed by atoms with E-state index in [9.17, 15) is 9.59 Å². The Morgan fingerprint density at radius 2 is 1.90 bits per heavy atom. The van der Waals surface area contributed by atoms with E-state index >= 15 is 0 Å². The fraction of sp³-hybridized carbons (Fsp3) is 0.636. The second-order valence-corrected chi connectivity index (χ2v) is 8.10. The fourth-order valence-corrected chi connectivity index (χ4v) is 4.25. The number of ether oxygens (including phenoxy) is 3. The number of carbonyl (C=O) groups excluding carboxylic acids is 2. The summed E-state index contributed by atoms with van der Waals surface area (Å²) >= 11 is 0. The Morgan fingerprint density at radius 3 is 2.57 bits per heavy atom. The minimum Gasteiger partial charge on any atom is -0.497 e. The number of hydrogen-bond acceptors (Lipinski definition) is 6. The number of nitrogens with zero attached hydrogens (tertiary/aromatic N) is 2. The van der Waals surface area contributed by atoms with Crippen LogP contribution in [0.15, 0.2) is 18.2 Å². The first-order valence-electron chi connectivity index (χ1n) is 10.6. The molecule has 0 aromatic heterocycles. The van der Waals surface area contributed by atoms with Crippen LogP contribution in [0.25, 0.3) is 0 Å². The van der Waals surface area contributed by atoms with Gasteiger partial charge < -0.3 is 24.4 Å². The first kappa shape index (κ1) is 22.4. The first-order valence-corrected chi connectivity index (χ1v) is 10.6. The van der Waals surface area contributed by atoms with E-state index < -0.39 is 0 Å². The average Bonchev–Trinajstić information content (AvgIpc) is 3.11. The van der Waals surface area contributed by atoms with Crippen LogP contribution in [0.5, 0.6) is 11.5 Å². The van der Waals surface area contributed by atoms with Crippen molar-refractivity contribution < 1.29 is 23.8 Å². The Morgan fingerprint density at radius 1 is 1.17 bits per heavy atom. The van der Waals surface area contributed by atoms with Gasteiger partial charge in [0.1, 0.15) is 11.5 Å². The topological polar surface area (TPSA) is 80.3 Å². The smallest absolute Gasteiger partial charge is 0.227 e. The molecule has 8 nitrogen and oxygen atoms in total. The number of amides is 2. The fourth-order valence-electron chi connectivity index (χ4n) is 4.25. The number of carbonyl (C=O) groups is 2. The Balaban J connectivity index is 1.49. The van der Waals surface area contributed by atoms with Crippen molar-refractivity contribution in [3.63, 3.8) is 0 Å². The van der Waals surface area contributed by atoms with E-state index in [1.165, 1.54) is 0 Å². The highest BCUT2D eigenvalue weighted by Gasteiger charge is 2.36. The zero-order valence-electron chi connectivity index (χ0n) is 18.3. The predicted molar refractivity (Wildman–Crippen MR) is 114 cm³/mol. The number of methoxy groups -OCH3 is 2. The molecule has 0 spiro atoms. The number of nitrogens with one attached hydrogen (secondary N) is 1. The standard InChI is InChI=1S/C22H33N3O5/c1-15-12-24(13-16(2)30-15)9-5-8-23-22(27)17-10-21(26)25(14-17)19-11-18(28-3)6-7-20(19)29-4/h6-7,11,15-17H,5,8-10,12-14H2,1-4H3,(H,23,27)/t15-,16-,17+/m0/s1. The summed E-state index contributed by atoms with van der Waals surface area (Å²) < 4.78 is 16.4. The Kier molecular flexibility index (Phi) is 7.55.